The zero-order valence-electron chi connectivity index (χ0n) is 21.0. The van der Waals surface area contributed by atoms with E-state index in [1.807, 2.05) is 39.8 Å². The molecule has 1 saturated heterocycles. The Morgan fingerprint density at radius 3 is 2.16 bits per heavy atom. The molecule has 1 aliphatic heterocycles. The van der Waals surface area contributed by atoms with Crippen molar-refractivity contribution in [2.75, 3.05) is 20.5 Å². The van der Waals surface area contributed by atoms with E-state index in [0.717, 1.165) is 23.9 Å². The lowest BCUT2D eigenvalue weighted by Gasteiger charge is -2.36. The minimum Gasteiger partial charge on any atom is -0.468 e. The van der Waals surface area contributed by atoms with E-state index in [-0.39, 0.29) is 11.8 Å². The Bertz CT molecular complexity index is 745. The monoisotopic (exact) mass is 470 g/mol. The van der Waals surface area contributed by atoms with Crippen molar-refractivity contribution in [3.8, 4) is 5.75 Å². The third kappa shape index (κ3) is 6.27. The Morgan fingerprint density at radius 2 is 1.65 bits per heavy atom. The van der Waals surface area contributed by atoms with Crippen LogP contribution in [0.1, 0.15) is 60.5 Å². The maximum absolute atomic E-state index is 6.71. The highest BCUT2D eigenvalue weighted by molar-refractivity contribution is 6.74. The highest BCUT2D eigenvalue weighted by atomic mass is 35.5. The predicted molar refractivity (Wildman–Crippen MR) is 131 cm³/mol. The molecular weight excluding hydrogens is 431 g/mol. The predicted octanol–water partition coefficient (Wildman–Crippen LogP) is 5.58. The van der Waals surface area contributed by atoms with E-state index >= 15 is 0 Å². The minimum atomic E-state index is -1.77. The van der Waals surface area contributed by atoms with Crippen LogP contribution in [0, 0.1) is 0 Å². The quantitative estimate of drug-likeness (QED) is 0.268. The zero-order chi connectivity index (χ0) is 23.7. The van der Waals surface area contributed by atoms with Crippen LogP contribution in [0.2, 0.25) is 23.2 Å². The summed E-state index contributed by atoms with van der Waals surface area (Å²) in [5, 5.41) is 0.837. The lowest BCUT2D eigenvalue weighted by molar-refractivity contribution is 0.00578. The maximum atomic E-state index is 6.71. The molecule has 176 valence electrons. The molecule has 1 heterocycles. The number of ether oxygens (including phenoxy) is 2. The van der Waals surface area contributed by atoms with Gasteiger partial charge in [0.25, 0.3) is 0 Å². The molecule has 31 heavy (non-hydrogen) atoms. The molecule has 2 rings (SSSR count). The third-order valence-electron chi connectivity index (χ3n) is 6.89. The first-order valence-corrected chi connectivity index (χ1v) is 14.3. The normalized spacial score (nSPS) is 18.5. The van der Waals surface area contributed by atoms with Gasteiger partial charge in [-0.3, -0.25) is 0 Å². The molecular formula is C23H40BClO5Si. The molecule has 0 atom stereocenters. The zero-order valence-corrected chi connectivity index (χ0v) is 22.7. The summed E-state index contributed by atoms with van der Waals surface area (Å²) in [7, 11) is -0.693. The first kappa shape index (κ1) is 26.7. The van der Waals surface area contributed by atoms with E-state index in [1.54, 1.807) is 7.11 Å². The second kappa shape index (κ2) is 9.74. The molecule has 0 radical (unpaired) electrons. The van der Waals surface area contributed by atoms with Crippen LogP contribution >= 0.6 is 11.6 Å². The van der Waals surface area contributed by atoms with E-state index < -0.39 is 26.6 Å². The van der Waals surface area contributed by atoms with Crippen molar-refractivity contribution in [2.45, 2.75) is 90.6 Å². The molecule has 0 aliphatic carbocycles. The molecule has 1 fully saturated rings. The van der Waals surface area contributed by atoms with E-state index in [0.29, 0.717) is 17.4 Å². The van der Waals surface area contributed by atoms with Gasteiger partial charge in [0, 0.05) is 18.7 Å². The van der Waals surface area contributed by atoms with Crippen LogP contribution in [0.15, 0.2) is 12.1 Å². The maximum Gasteiger partial charge on any atom is 0.495 e. The smallest absolute Gasteiger partial charge is 0.468 e. The van der Waals surface area contributed by atoms with Gasteiger partial charge < -0.3 is 23.2 Å². The van der Waals surface area contributed by atoms with Gasteiger partial charge in [0.05, 0.1) is 11.2 Å². The van der Waals surface area contributed by atoms with Crippen LogP contribution in [0.3, 0.4) is 0 Å². The average molecular weight is 471 g/mol. The number of rotatable bonds is 9. The van der Waals surface area contributed by atoms with E-state index in [9.17, 15) is 0 Å². The summed E-state index contributed by atoms with van der Waals surface area (Å²) in [4.78, 5) is 0. The molecule has 0 aromatic heterocycles. The first-order valence-electron chi connectivity index (χ1n) is 11.0. The molecule has 5 nitrogen and oxygen atoms in total. The van der Waals surface area contributed by atoms with Gasteiger partial charge in [-0.2, -0.15) is 0 Å². The van der Waals surface area contributed by atoms with Crippen molar-refractivity contribution in [3.63, 3.8) is 0 Å². The van der Waals surface area contributed by atoms with Gasteiger partial charge in [-0.05, 0) is 81.8 Å². The fourth-order valence-corrected chi connectivity index (χ4v) is 4.48. The van der Waals surface area contributed by atoms with Gasteiger partial charge in [-0.1, -0.05) is 32.4 Å². The highest BCUT2D eigenvalue weighted by Crippen LogP contribution is 2.38. The van der Waals surface area contributed by atoms with Crippen LogP contribution in [0.4, 0.5) is 0 Å². The molecule has 0 bridgehead atoms. The van der Waals surface area contributed by atoms with Gasteiger partial charge in [0.2, 0.25) is 0 Å². The van der Waals surface area contributed by atoms with Crippen LogP contribution in [-0.2, 0) is 24.9 Å². The summed E-state index contributed by atoms with van der Waals surface area (Å²) in [6, 6.07) is 3.79. The summed E-state index contributed by atoms with van der Waals surface area (Å²) in [6.45, 7) is 20.4. The van der Waals surface area contributed by atoms with Crippen LogP contribution in [-0.4, -0.2) is 47.1 Å². The molecule has 1 aromatic carbocycles. The molecule has 0 saturated carbocycles. The van der Waals surface area contributed by atoms with E-state index in [1.165, 1.54) is 0 Å². The summed E-state index contributed by atoms with van der Waals surface area (Å²) < 4.78 is 29.7. The van der Waals surface area contributed by atoms with Crippen LogP contribution in [0.25, 0.3) is 0 Å². The van der Waals surface area contributed by atoms with Gasteiger partial charge in [0.1, 0.15) is 5.75 Å². The average Bonchev–Trinajstić information content (AvgIpc) is 2.84. The topological polar surface area (TPSA) is 46.2 Å². The number of halogens is 1. The molecule has 0 N–H and O–H groups in total. The number of hydrogen-bond acceptors (Lipinski definition) is 5. The van der Waals surface area contributed by atoms with Gasteiger partial charge in [-0.15, -0.1) is 0 Å². The van der Waals surface area contributed by atoms with Crippen molar-refractivity contribution >= 4 is 32.5 Å². The highest BCUT2D eigenvalue weighted by Gasteiger charge is 2.52. The van der Waals surface area contributed by atoms with Crippen molar-refractivity contribution in [1.82, 2.24) is 0 Å². The lowest BCUT2D eigenvalue weighted by atomic mass is 9.75. The van der Waals surface area contributed by atoms with Crippen LogP contribution in [0.5, 0.6) is 5.75 Å². The number of hydrogen-bond donors (Lipinski definition) is 0. The second-order valence-electron chi connectivity index (χ2n) is 10.8. The fraction of sp³-hybridized carbons (Fsp3) is 0.739. The molecule has 1 aliphatic rings. The largest absolute Gasteiger partial charge is 0.495 e. The molecule has 0 spiro atoms. The Morgan fingerprint density at radius 1 is 1.06 bits per heavy atom. The first-order chi connectivity index (χ1) is 14.1. The van der Waals surface area contributed by atoms with Crippen LogP contribution < -0.4 is 10.2 Å². The Balaban J connectivity index is 2.24. The molecule has 8 heteroatoms. The number of benzene rings is 1. The molecule has 0 unspecified atom stereocenters. The lowest BCUT2D eigenvalue weighted by Crippen LogP contribution is -2.41. The van der Waals surface area contributed by atoms with Crippen molar-refractivity contribution in [2.24, 2.45) is 0 Å². The van der Waals surface area contributed by atoms with Crippen molar-refractivity contribution in [3.05, 3.63) is 22.7 Å². The summed E-state index contributed by atoms with van der Waals surface area (Å²) in [5.41, 5.74) is 1.06. The SMILES string of the molecule is COCOc1cc(Cl)c(CCCO[Si](C)(C)C(C)(C)C)c(B2OC(C)(C)C(C)(C)O2)c1. The Labute approximate surface area is 195 Å². The van der Waals surface area contributed by atoms with Crippen molar-refractivity contribution in [1.29, 1.82) is 0 Å². The van der Waals surface area contributed by atoms with E-state index in [4.69, 9.17) is 34.8 Å². The van der Waals surface area contributed by atoms with Crippen molar-refractivity contribution < 1.29 is 23.2 Å². The summed E-state index contributed by atoms with van der Waals surface area (Å²) >= 11 is 6.71. The number of methoxy groups -OCH3 is 1. The minimum absolute atomic E-state index is 0.152. The molecule has 1 aromatic rings. The summed E-state index contributed by atoms with van der Waals surface area (Å²) in [6.07, 6.45) is 1.65. The standard InChI is InChI=1S/C23H40BClO5Si/c1-21(2,3)31(9,10)28-13-11-12-18-19(14-17(15-20(18)25)27-16-26-8)24-29-22(4,5)23(6,7)30-24/h14-15H,11-13,16H2,1-10H3. The second-order valence-corrected chi connectivity index (χ2v) is 16.0. The fourth-order valence-electron chi connectivity index (χ4n) is 3.08. The molecule has 0 amide bonds. The Hall–Kier alpha value is -0.568. The van der Waals surface area contributed by atoms with Gasteiger partial charge in [-0.25, -0.2) is 0 Å². The van der Waals surface area contributed by atoms with Gasteiger partial charge in [0.15, 0.2) is 15.1 Å². The van der Waals surface area contributed by atoms with E-state index in [2.05, 4.69) is 33.9 Å². The third-order valence-corrected chi connectivity index (χ3v) is 11.8. The Kier molecular flexibility index (Phi) is 8.38. The summed E-state index contributed by atoms with van der Waals surface area (Å²) in [5.74, 6) is 0.637. The van der Waals surface area contributed by atoms with Gasteiger partial charge >= 0.3 is 7.12 Å².